The fourth-order valence-corrected chi connectivity index (χ4v) is 2.56. The van der Waals surface area contributed by atoms with Crippen LogP contribution in [0.3, 0.4) is 0 Å². The first-order chi connectivity index (χ1) is 7.77. The van der Waals surface area contributed by atoms with E-state index in [1.807, 2.05) is 6.07 Å². The van der Waals surface area contributed by atoms with Crippen LogP contribution in [0.25, 0.3) is 0 Å². The van der Waals surface area contributed by atoms with Gasteiger partial charge in [0.15, 0.2) is 6.10 Å². The zero-order valence-corrected chi connectivity index (χ0v) is 9.19. The minimum Gasteiger partial charge on any atom is -0.497 e. The van der Waals surface area contributed by atoms with Crippen LogP contribution in [0.15, 0.2) is 18.2 Å². The number of methoxy groups -OCH3 is 1. The summed E-state index contributed by atoms with van der Waals surface area (Å²) in [4.78, 5) is 0. The topological polar surface area (TPSA) is 45.5 Å². The highest BCUT2D eigenvalue weighted by Gasteiger charge is 2.57. The average molecular weight is 215 g/mol. The summed E-state index contributed by atoms with van der Waals surface area (Å²) in [5.41, 5.74) is 2.44. The number of ether oxygens (including phenoxy) is 2. The third-order valence-corrected chi connectivity index (χ3v) is 3.61. The third kappa shape index (κ3) is 1.30. The van der Waals surface area contributed by atoms with E-state index in [1.165, 1.54) is 11.1 Å². The molecule has 3 heteroatoms. The second-order valence-electron chi connectivity index (χ2n) is 4.50. The summed E-state index contributed by atoms with van der Waals surface area (Å²) in [7, 11) is 1.67. The van der Waals surface area contributed by atoms with Crippen molar-refractivity contribution in [1.29, 1.82) is 5.26 Å². The van der Waals surface area contributed by atoms with Crippen molar-refractivity contribution in [3.8, 4) is 11.8 Å². The molecular weight excluding hydrogens is 202 g/mol. The van der Waals surface area contributed by atoms with Crippen LogP contribution in [0.1, 0.15) is 17.5 Å². The Morgan fingerprint density at radius 1 is 1.50 bits per heavy atom. The van der Waals surface area contributed by atoms with Crippen LogP contribution in [-0.4, -0.2) is 18.8 Å². The Morgan fingerprint density at radius 2 is 2.38 bits per heavy atom. The standard InChI is InChI=1S/C13H13NO2/c1-15-11-3-2-9-4-5-13(7-10(9)6-11)12(8-14)16-13/h2-3,6,12H,4-5,7H2,1H3. The summed E-state index contributed by atoms with van der Waals surface area (Å²) in [5.74, 6) is 0.880. The highest BCUT2D eigenvalue weighted by Crippen LogP contribution is 2.46. The van der Waals surface area contributed by atoms with Crippen molar-refractivity contribution in [2.45, 2.75) is 31.0 Å². The molecule has 2 unspecified atom stereocenters. The fourth-order valence-electron chi connectivity index (χ4n) is 2.56. The summed E-state index contributed by atoms with van der Waals surface area (Å²) in [6.45, 7) is 0. The number of hydrogen-bond donors (Lipinski definition) is 0. The number of nitrogens with zero attached hydrogens (tertiary/aromatic N) is 1. The molecule has 16 heavy (non-hydrogen) atoms. The van der Waals surface area contributed by atoms with E-state index in [4.69, 9.17) is 14.7 Å². The molecule has 82 valence electrons. The summed E-state index contributed by atoms with van der Waals surface area (Å²) >= 11 is 0. The Balaban J connectivity index is 1.91. The molecule has 1 aliphatic carbocycles. The van der Waals surface area contributed by atoms with Gasteiger partial charge in [0.05, 0.1) is 13.2 Å². The second kappa shape index (κ2) is 3.23. The largest absolute Gasteiger partial charge is 0.497 e. The predicted octanol–water partition coefficient (Wildman–Crippen LogP) is 1.85. The monoisotopic (exact) mass is 215 g/mol. The van der Waals surface area contributed by atoms with Gasteiger partial charge in [0.1, 0.15) is 11.4 Å². The zero-order valence-electron chi connectivity index (χ0n) is 9.19. The van der Waals surface area contributed by atoms with Crippen molar-refractivity contribution in [3.63, 3.8) is 0 Å². The van der Waals surface area contributed by atoms with Gasteiger partial charge < -0.3 is 9.47 Å². The van der Waals surface area contributed by atoms with Gasteiger partial charge in [-0.1, -0.05) is 6.07 Å². The summed E-state index contributed by atoms with van der Waals surface area (Å²) in [6.07, 6.45) is 2.60. The molecule has 2 atom stereocenters. The Hall–Kier alpha value is -1.53. The SMILES string of the molecule is COc1ccc2c(c1)CC1(CC2)OC1C#N. The first-order valence-electron chi connectivity index (χ1n) is 5.51. The first-order valence-corrected chi connectivity index (χ1v) is 5.51. The Kier molecular flexibility index (Phi) is 1.95. The molecule has 1 aromatic rings. The number of benzene rings is 1. The van der Waals surface area contributed by atoms with Gasteiger partial charge in [-0.2, -0.15) is 5.26 Å². The van der Waals surface area contributed by atoms with Crippen molar-refractivity contribution < 1.29 is 9.47 Å². The van der Waals surface area contributed by atoms with E-state index in [1.54, 1.807) is 7.11 Å². The number of epoxide rings is 1. The maximum absolute atomic E-state index is 8.87. The van der Waals surface area contributed by atoms with Crippen LogP contribution < -0.4 is 4.74 Å². The molecular formula is C13H13NO2. The average Bonchev–Trinajstić information content (AvgIpc) is 3.01. The molecule has 1 spiro atoms. The Morgan fingerprint density at radius 3 is 3.06 bits per heavy atom. The molecule has 1 aliphatic heterocycles. The van der Waals surface area contributed by atoms with Crippen LogP contribution in [-0.2, 0) is 17.6 Å². The summed E-state index contributed by atoms with van der Waals surface area (Å²) in [5, 5.41) is 8.87. The van der Waals surface area contributed by atoms with Crippen LogP contribution in [0.5, 0.6) is 5.75 Å². The lowest BCUT2D eigenvalue weighted by atomic mass is 9.82. The smallest absolute Gasteiger partial charge is 0.174 e. The Labute approximate surface area is 94.6 Å². The van der Waals surface area contributed by atoms with Crippen molar-refractivity contribution in [2.75, 3.05) is 7.11 Å². The molecule has 0 radical (unpaired) electrons. The molecule has 1 aromatic carbocycles. The van der Waals surface area contributed by atoms with E-state index in [0.717, 1.165) is 25.0 Å². The normalized spacial score (nSPS) is 30.6. The first kappa shape index (κ1) is 9.68. The van der Waals surface area contributed by atoms with E-state index < -0.39 is 0 Å². The van der Waals surface area contributed by atoms with Crippen LogP contribution in [0.4, 0.5) is 0 Å². The minimum absolute atomic E-state index is 0.186. The van der Waals surface area contributed by atoms with E-state index in [9.17, 15) is 0 Å². The number of aryl methyl sites for hydroxylation is 1. The molecule has 1 heterocycles. The minimum atomic E-state index is -0.202. The second-order valence-corrected chi connectivity index (χ2v) is 4.50. The molecule has 0 bridgehead atoms. The van der Waals surface area contributed by atoms with Gasteiger partial charge in [0.2, 0.25) is 0 Å². The van der Waals surface area contributed by atoms with Crippen LogP contribution in [0.2, 0.25) is 0 Å². The molecule has 1 saturated heterocycles. The van der Waals surface area contributed by atoms with Crippen molar-refractivity contribution >= 4 is 0 Å². The van der Waals surface area contributed by atoms with Crippen molar-refractivity contribution in [1.82, 2.24) is 0 Å². The van der Waals surface area contributed by atoms with Gasteiger partial charge in [0, 0.05) is 6.42 Å². The van der Waals surface area contributed by atoms with E-state index in [-0.39, 0.29) is 11.7 Å². The molecule has 1 fully saturated rings. The number of rotatable bonds is 1. The van der Waals surface area contributed by atoms with Gasteiger partial charge in [-0.15, -0.1) is 0 Å². The van der Waals surface area contributed by atoms with Crippen molar-refractivity contribution in [2.24, 2.45) is 0 Å². The molecule has 2 aliphatic rings. The van der Waals surface area contributed by atoms with Gasteiger partial charge in [-0.3, -0.25) is 0 Å². The number of hydrogen-bond acceptors (Lipinski definition) is 3. The maximum atomic E-state index is 8.87. The quantitative estimate of drug-likeness (QED) is 0.671. The van der Waals surface area contributed by atoms with Gasteiger partial charge >= 0.3 is 0 Å². The third-order valence-electron chi connectivity index (χ3n) is 3.61. The molecule has 0 amide bonds. The molecule has 0 saturated carbocycles. The Bertz CT molecular complexity index is 477. The lowest BCUT2D eigenvalue weighted by molar-refractivity contribution is 0.274. The molecule has 0 aromatic heterocycles. The summed E-state index contributed by atoms with van der Waals surface area (Å²) in [6, 6.07) is 8.38. The van der Waals surface area contributed by atoms with Gasteiger partial charge in [-0.05, 0) is 36.1 Å². The van der Waals surface area contributed by atoms with E-state index in [2.05, 4.69) is 18.2 Å². The molecule has 3 nitrogen and oxygen atoms in total. The number of nitriles is 1. The van der Waals surface area contributed by atoms with Crippen molar-refractivity contribution in [3.05, 3.63) is 29.3 Å². The highest BCUT2D eigenvalue weighted by molar-refractivity contribution is 5.40. The van der Waals surface area contributed by atoms with E-state index >= 15 is 0 Å². The van der Waals surface area contributed by atoms with E-state index in [0.29, 0.717) is 0 Å². The predicted molar refractivity (Wildman–Crippen MR) is 58.2 cm³/mol. The van der Waals surface area contributed by atoms with Crippen LogP contribution >= 0.6 is 0 Å². The summed E-state index contributed by atoms with van der Waals surface area (Å²) < 4.78 is 10.7. The lowest BCUT2D eigenvalue weighted by Crippen LogP contribution is -2.24. The van der Waals surface area contributed by atoms with Crippen LogP contribution in [0, 0.1) is 11.3 Å². The van der Waals surface area contributed by atoms with Gasteiger partial charge in [0.25, 0.3) is 0 Å². The number of fused-ring (bicyclic) bond motifs is 1. The molecule has 0 N–H and O–H groups in total. The fraction of sp³-hybridized carbons (Fsp3) is 0.462. The lowest BCUT2D eigenvalue weighted by Gasteiger charge is -2.22. The van der Waals surface area contributed by atoms with Gasteiger partial charge in [-0.25, -0.2) is 0 Å². The zero-order chi connectivity index (χ0) is 11.2. The molecule has 3 rings (SSSR count). The maximum Gasteiger partial charge on any atom is 0.174 e. The highest BCUT2D eigenvalue weighted by atomic mass is 16.6.